The summed E-state index contributed by atoms with van der Waals surface area (Å²) >= 11 is 2.00. The van der Waals surface area contributed by atoms with Crippen molar-refractivity contribution in [3.63, 3.8) is 0 Å². The van der Waals surface area contributed by atoms with Crippen LogP contribution in [-0.2, 0) is 10.7 Å². The maximum Gasteiger partial charge on any atom is 0.407 e. The first-order valence-corrected chi connectivity index (χ1v) is 9.50. The van der Waals surface area contributed by atoms with Crippen molar-refractivity contribution in [2.45, 2.75) is 24.8 Å². The predicted molar refractivity (Wildman–Crippen MR) is 104 cm³/mol. The van der Waals surface area contributed by atoms with E-state index >= 15 is 0 Å². The highest BCUT2D eigenvalue weighted by atomic mass is 127. The van der Waals surface area contributed by atoms with Crippen LogP contribution in [0.2, 0.25) is 0 Å². The minimum Gasteiger partial charge on any atom is -0.465 e. The molecule has 2 N–H and O–H groups in total. The Labute approximate surface area is 167 Å². The molecule has 1 aliphatic carbocycles. The summed E-state index contributed by atoms with van der Waals surface area (Å²) < 4.78 is 30.5. The Kier molecular flexibility index (Phi) is 4.32. The molecule has 2 aromatic carbocycles. The highest BCUT2D eigenvalue weighted by Gasteiger charge is 2.44. The maximum atomic E-state index is 14.9. The monoisotopic (exact) mass is 484 g/mol. The lowest BCUT2D eigenvalue weighted by Crippen LogP contribution is -2.42. The molecule has 0 bridgehead atoms. The molecule has 0 spiro atoms. The Morgan fingerprint density at radius 3 is 2.52 bits per heavy atom. The van der Waals surface area contributed by atoms with Crippen molar-refractivity contribution in [1.82, 2.24) is 4.90 Å². The minimum absolute atomic E-state index is 0.0410. The Morgan fingerprint density at radius 1 is 1.15 bits per heavy atom. The topological polar surface area (TPSA) is 69.6 Å². The van der Waals surface area contributed by atoms with E-state index < -0.39 is 24.0 Å². The molecule has 4 rings (SSSR count). The van der Waals surface area contributed by atoms with Crippen molar-refractivity contribution < 1.29 is 23.5 Å². The number of rotatable bonds is 2. The Bertz CT molecular complexity index is 964. The number of nitrogens with one attached hydrogen (secondary N) is 1. The lowest BCUT2D eigenvalue weighted by Gasteiger charge is -2.21. The van der Waals surface area contributed by atoms with Gasteiger partial charge in [0.25, 0.3) is 5.92 Å². The number of fused-ring (bicyclic) bond motifs is 3. The minimum atomic E-state index is -3.15. The normalized spacial score (nSPS) is 19.5. The third-order valence-electron chi connectivity index (χ3n) is 5.04. The van der Waals surface area contributed by atoms with Gasteiger partial charge in [-0.25, -0.2) is 4.79 Å². The van der Waals surface area contributed by atoms with Gasteiger partial charge in [-0.05, 0) is 70.8 Å². The molecule has 1 fully saturated rings. The number of hydrogen-bond acceptors (Lipinski definition) is 2. The summed E-state index contributed by atoms with van der Waals surface area (Å²) in [6.07, 6.45) is -0.137. The number of alkyl halides is 2. The molecule has 27 heavy (non-hydrogen) atoms. The van der Waals surface area contributed by atoms with Crippen LogP contribution in [0.1, 0.15) is 24.0 Å². The van der Waals surface area contributed by atoms with E-state index in [2.05, 4.69) is 5.32 Å². The number of carboxylic acid groups (broad SMARTS) is 1. The average Bonchev–Trinajstić information content (AvgIpc) is 3.18. The van der Waals surface area contributed by atoms with Crippen LogP contribution < -0.4 is 5.32 Å². The van der Waals surface area contributed by atoms with Crippen molar-refractivity contribution in [2.24, 2.45) is 0 Å². The van der Waals surface area contributed by atoms with E-state index in [1.165, 1.54) is 12.1 Å². The number of anilines is 1. The molecule has 1 atom stereocenters. The van der Waals surface area contributed by atoms with Crippen LogP contribution in [0.15, 0.2) is 36.4 Å². The van der Waals surface area contributed by atoms with E-state index in [0.717, 1.165) is 8.47 Å². The van der Waals surface area contributed by atoms with Gasteiger partial charge >= 0.3 is 6.09 Å². The lowest BCUT2D eigenvalue weighted by atomic mass is 10.1. The Balaban J connectivity index is 1.63. The first-order chi connectivity index (χ1) is 12.8. The molecule has 0 aromatic heterocycles. The van der Waals surface area contributed by atoms with Gasteiger partial charge in [-0.3, -0.25) is 9.69 Å². The van der Waals surface area contributed by atoms with E-state index in [9.17, 15) is 18.4 Å². The molecule has 1 heterocycles. The van der Waals surface area contributed by atoms with Gasteiger partial charge in [0, 0.05) is 26.9 Å². The highest BCUT2D eigenvalue weighted by Crippen LogP contribution is 2.51. The lowest BCUT2D eigenvalue weighted by molar-refractivity contribution is -0.119. The summed E-state index contributed by atoms with van der Waals surface area (Å²) in [5.41, 5.74) is 0.969. The first-order valence-electron chi connectivity index (χ1n) is 8.42. The third-order valence-corrected chi connectivity index (χ3v) is 5.71. The number of halogens is 3. The summed E-state index contributed by atoms with van der Waals surface area (Å²) in [7, 11) is 0. The largest absolute Gasteiger partial charge is 0.465 e. The fourth-order valence-corrected chi connectivity index (χ4v) is 4.26. The molecule has 140 valence electrons. The van der Waals surface area contributed by atoms with Crippen LogP contribution in [0.4, 0.5) is 19.3 Å². The van der Waals surface area contributed by atoms with Crippen LogP contribution in [0.25, 0.3) is 11.1 Å². The third kappa shape index (κ3) is 2.95. The molecule has 0 unspecified atom stereocenters. The fourth-order valence-electron chi connectivity index (χ4n) is 3.77. The van der Waals surface area contributed by atoms with Crippen molar-refractivity contribution >= 4 is 40.3 Å². The number of hydrogen-bond donors (Lipinski definition) is 2. The zero-order valence-corrected chi connectivity index (χ0v) is 16.2. The van der Waals surface area contributed by atoms with E-state index in [0.29, 0.717) is 30.5 Å². The number of carbonyl (C=O) groups excluding carboxylic acids is 1. The van der Waals surface area contributed by atoms with E-state index in [4.69, 9.17) is 5.11 Å². The fraction of sp³-hybridized carbons (Fsp3) is 0.263. The van der Waals surface area contributed by atoms with E-state index in [1.54, 1.807) is 24.3 Å². The second-order valence-corrected chi connectivity index (χ2v) is 7.89. The van der Waals surface area contributed by atoms with Gasteiger partial charge in [-0.1, -0.05) is 12.1 Å². The van der Waals surface area contributed by atoms with Crippen LogP contribution >= 0.6 is 22.6 Å². The molecule has 1 saturated heterocycles. The molecule has 1 aliphatic heterocycles. The van der Waals surface area contributed by atoms with Gasteiger partial charge < -0.3 is 10.4 Å². The molecule has 2 amide bonds. The molecule has 0 radical (unpaired) electrons. The first kappa shape index (κ1) is 18.1. The predicted octanol–water partition coefficient (Wildman–Crippen LogP) is 4.49. The van der Waals surface area contributed by atoms with Crippen molar-refractivity contribution in [3.05, 3.63) is 51.1 Å². The van der Waals surface area contributed by atoms with Gasteiger partial charge in [-0.15, -0.1) is 0 Å². The molecule has 2 aromatic rings. The number of likely N-dealkylation sites (tertiary alicyclic amines) is 1. The number of amides is 2. The van der Waals surface area contributed by atoms with Gasteiger partial charge in [0.15, 0.2) is 0 Å². The van der Waals surface area contributed by atoms with E-state index in [1.807, 2.05) is 22.6 Å². The zero-order valence-electron chi connectivity index (χ0n) is 14.0. The Hall–Kier alpha value is -2.23. The molecule has 0 saturated carbocycles. The van der Waals surface area contributed by atoms with Crippen molar-refractivity contribution in [3.8, 4) is 11.1 Å². The second kappa shape index (κ2) is 6.43. The van der Waals surface area contributed by atoms with Crippen LogP contribution in [-0.4, -0.2) is 34.6 Å². The van der Waals surface area contributed by atoms with Crippen molar-refractivity contribution in [1.29, 1.82) is 0 Å². The zero-order chi connectivity index (χ0) is 19.3. The van der Waals surface area contributed by atoms with Crippen molar-refractivity contribution in [2.75, 3.05) is 11.9 Å². The molecule has 8 heteroatoms. The molecule has 2 aliphatic rings. The van der Waals surface area contributed by atoms with Gasteiger partial charge in [0.1, 0.15) is 6.04 Å². The maximum absolute atomic E-state index is 14.9. The van der Waals surface area contributed by atoms with Crippen LogP contribution in [0, 0.1) is 3.57 Å². The average molecular weight is 484 g/mol. The summed E-state index contributed by atoms with van der Waals surface area (Å²) in [5, 5.41) is 11.8. The summed E-state index contributed by atoms with van der Waals surface area (Å²) in [5.74, 6) is -3.64. The van der Waals surface area contributed by atoms with Gasteiger partial charge in [-0.2, -0.15) is 8.78 Å². The molecular formula is C19H15F2IN2O3. The SMILES string of the molecule is O=C(Nc1ccc2c(c1)C(F)(F)c1cc(I)ccc1-2)[C@@H]1CCCN1C(=O)O. The summed E-state index contributed by atoms with van der Waals surface area (Å²) in [6, 6.07) is 8.55. The Morgan fingerprint density at radius 2 is 1.81 bits per heavy atom. The van der Waals surface area contributed by atoms with Crippen LogP contribution in [0.3, 0.4) is 0 Å². The summed E-state index contributed by atoms with van der Waals surface area (Å²) in [4.78, 5) is 24.7. The number of nitrogens with zero attached hydrogens (tertiary/aromatic N) is 1. The summed E-state index contributed by atoms with van der Waals surface area (Å²) in [6.45, 7) is 0.295. The smallest absolute Gasteiger partial charge is 0.407 e. The standard InChI is InChI=1S/C19H15F2IN2O3/c20-19(21)14-8-10(22)3-5-12(14)13-6-4-11(9-15(13)19)23-17(25)16-2-1-7-24(16)18(26)27/h3-6,8-9,16H,1-2,7H2,(H,23,25)(H,26,27)/t16-/m0/s1. The quantitative estimate of drug-likeness (QED) is 0.618. The van der Waals surface area contributed by atoms with Gasteiger partial charge in [0.2, 0.25) is 5.91 Å². The van der Waals surface area contributed by atoms with Gasteiger partial charge in [0.05, 0.1) is 0 Å². The second-order valence-electron chi connectivity index (χ2n) is 6.65. The molecular weight excluding hydrogens is 469 g/mol. The van der Waals surface area contributed by atoms with E-state index in [-0.39, 0.29) is 16.8 Å². The highest BCUT2D eigenvalue weighted by molar-refractivity contribution is 14.1. The number of carbonyl (C=O) groups is 2. The number of benzene rings is 2. The molecule has 5 nitrogen and oxygen atoms in total. The van der Waals surface area contributed by atoms with Crippen LogP contribution in [0.5, 0.6) is 0 Å².